The number of halogens is 1. The zero-order valence-corrected chi connectivity index (χ0v) is 13.5. The van der Waals surface area contributed by atoms with Crippen LogP contribution in [0.25, 0.3) is 0 Å². The van der Waals surface area contributed by atoms with Crippen LogP contribution in [0.4, 0.5) is 0 Å². The van der Waals surface area contributed by atoms with Crippen LogP contribution in [0.15, 0.2) is 36.4 Å². The van der Waals surface area contributed by atoms with E-state index in [0.29, 0.717) is 0 Å². The van der Waals surface area contributed by atoms with Gasteiger partial charge in [0.25, 0.3) is 0 Å². The quantitative estimate of drug-likeness (QED) is 0.768. The minimum atomic E-state index is 0.925. The molecule has 2 aliphatic rings. The van der Waals surface area contributed by atoms with Gasteiger partial charge in [-0.3, -0.25) is 0 Å². The standard InChI is InChI=1S/C18H25ClN2/c19-18-9-5-4-8-17(18)15-21-12-10-20(11-13-21)14-16-6-2-1-3-7-16/h1-2,4-5,8-9,16H,3,6-7,10-15H2/p+2/t16-/m1/s1. The van der Waals surface area contributed by atoms with Gasteiger partial charge in [-0.05, 0) is 25.3 Å². The van der Waals surface area contributed by atoms with Gasteiger partial charge in [-0.15, -0.1) is 0 Å². The van der Waals surface area contributed by atoms with Crippen LogP contribution < -0.4 is 9.80 Å². The molecule has 1 aliphatic carbocycles. The molecule has 2 nitrogen and oxygen atoms in total. The Kier molecular flexibility index (Phi) is 5.34. The predicted molar refractivity (Wildman–Crippen MR) is 87.9 cm³/mol. The number of piperazine rings is 1. The minimum absolute atomic E-state index is 0.925. The average molecular weight is 307 g/mol. The number of benzene rings is 1. The highest BCUT2D eigenvalue weighted by Crippen LogP contribution is 2.16. The van der Waals surface area contributed by atoms with Gasteiger partial charge in [-0.25, -0.2) is 0 Å². The summed E-state index contributed by atoms with van der Waals surface area (Å²) in [7, 11) is 0. The minimum Gasteiger partial charge on any atom is -0.325 e. The van der Waals surface area contributed by atoms with Crippen LogP contribution in [0.3, 0.4) is 0 Å². The van der Waals surface area contributed by atoms with Crippen LogP contribution in [-0.4, -0.2) is 32.7 Å². The van der Waals surface area contributed by atoms with Crippen molar-refractivity contribution in [1.29, 1.82) is 0 Å². The smallest absolute Gasteiger partial charge is 0.127 e. The molecule has 0 spiro atoms. The Morgan fingerprint density at radius 2 is 1.76 bits per heavy atom. The van der Waals surface area contributed by atoms with Crippen molar-refractivity contribution in [2.75, 3.05) is 32.7 Å². The number of hydrogen-bond donors (Lipinski definition) is 2. The van der Waals surface area contributed by atoms with Gasteiger partial charge in [0, 0.05) is 16.5 Å². The van der Waals surface area contributed by atoms with Crippen molar-refractivity contribution in [2.45, 2.75) is 25.8 Å². The van der Waals surface area contributed by atoms with Crippen molar-refractivity contribution >= 4 is 11.6 Å². The lowest BCUT2D eigenvalue weighted by molar-refractivity contribution is -1.02. The Morgan fingerprint density at radius 1 is 1.00 bits per heavy atom. The summed E-state index contributed by atoms with van der Waals surface area (Å²) < 4.78 is 0. The molecule has 0 aromatic heterocycles. The van der Waals surface area contributed by atoms with Crippen molar-refractivity contribution in [3.63, 3.8) is 0 Å². The average Bonchev–Trinajstić information content (AvgIpc) is 2.52. The van der Waals surface area contributed by atoms with Crippen molar-refractivity contribution in [3.05, 3.63) is 47.0 Å². The van der Waals surface area contributed by atoms with Gasteiger partial charge >= 0.3 is 0 Å². The van der Waals surface area contributed by atoms with Crippen LogP contribution in [0.1, 0.15) is 24.8 Å². The van der Waals surface area contributed by atoms with E-state index >= 15 is 0 Å². The summed E-state index contributed by atoms with van der Waals surface area (Å²) in [6, 6.07) is 8.29. The van der Waals surface area contributed by atoms with E-state index in [4.69, 9.17) is 11.6 Å². The first kappa shape index (κ1) is 15.1. The third kappa shape index (κ3) is 4.32. The number of allylic oxidation sites excluding steroid dienone is 2. The van der Waals surface area contributed by atoms with Gasteiger partial charge in [-0.2, -0.15) is 0 Å². The maximum Gasteiger partial charge on any atom is 0.127 e. The van der Waals surface area contributed by atoms with Gasteiger partial charge in [0.2, 0.25) is 0 Å². The highest BCUT2D eigenvalue weighted by atomic mass is 35.5. The maximum absolute atomic E-state index is 6.28. The Balaban J connectivity index is 1.44. The van der Waals surface area contributed by atoms with Crippen LogP contribution >= 0.6 is 11.6 Å². The lowest BCUT2D eigenvalue weighted by Gasteiger charge is -2.32. The number of rotatable bonds is 4. The van der Waals surface area contributed by atoms with E-state index in [1.54, 1.807) is 4.90 Å². The first-order chi connectivity index (χ1) is 10.3. The molecule has 1 saturated heterocycles. The zero-order chi connectivity index (χ0) is 14.5. The van der Waals surface area contributed by atoms with Crippen LogP contribution in [-0.2, 0) is 6.54 Å². The molecule has 0 radical (unpaired) electrons. The van der Waals surface area contributed by atoms with E-state index < -0.39 is 0 Å². The number of nitrogens with one attached hydrogen (secondary N) is 2. The van der Waals surface area contributed by atoms with Gasteiger partial charge in [-0.1, -0.05) is 42.0 Å². The molecule has 1 atom stereocenters. The van der Waals surface area contributed by atoms with Gasteiger partial charge in [0.1, 0.15) is 32.7 Å². The highest BCUT2D eigenvalue weighted by Gasteiger charge is 2.25. The summed E-state index contributed by atoms with van der Waals surface area (Å²) in [5.41, 5.74) is 1.30. The molecule has 2 N–H and O–H groups in total. The fourth-order valence-electron chi connectivity index (χ4n) is 3.70. The normalized spacial score (nSPS) is 29.5. The second-order valence-corrected chi connectivity index (χ2v) is 7.03. The molecule has 0 unspecified atom stereocenters. The third-order valence-electron chi connectivity index (χ3n) is 5.02. The third-order valence-corrected chi connectivity index (χ3v) is 5.39. The van der Waals surface area contributed by atoms with Gasteiger partial charge in [0.15, 0.2) is 0 Å². The largest absolute Gasteiger partial charge is 0.325 e. The molecule has 1 aromatic carbocycles. The fraction of sp³-hybridized carbons (Fsp3) is 0.556. The zero-order valence-electron chi connectivity index (χ0n) is 12.8. The molecule has 0 saturated carbocycles. The summed E-state index contributed by atoms with van der Waals surface area (Å²) in [5.74, 6) is 0.926. The topological polar surface area (TPSA) is 8.88 Å². The van der Waals surface area contributed by atoms with Crippen molar-refractivity contribution in [2.24, 2.45) is 5.92 Å². The molecular weight excluding hydrogens is 280 g/mol. The Labute approximate surface area is 133 Å². The summed E-state index contributed by atoms with van der Waals surface area (Å²) in [6.07, 6.45) is 8.72. The maximum atomic E-state index is 6.28. The second-order valence-electron chi connectivity index (χ2n) is 6.62. The lowest BCUT2D eigenvalue weighted by Crippen LogP contribution is -3.27. The molecule has 1 aromatic rings. The number of hydrogen-bond acceptors (Lipinski definition) is 0. The second kappa shape index (κ2) is 7.44. The van der Waals surface area contributed by atoms with Crippen molar-refractivity contribution < 1.29 is 9.80 Å². The molecule has 0 amide bonds. The van der Waals surface area contributed by atoms with Gasteiger partial charge < -0.3 is 9.80 Å². The van der Waals surface area contributed by atoms with E-state index in [1.165, 1.54) is 57.5 Å². The molecule has 1 aliphatic heterocycles. The summed E-state index contributed by atoms with van der Waals surface area (Å²) in [5, 5.41) is 0.925. The molecular formula is C18H27ClN2+2. The van der Waals surface area contributed by atoms with Crippen LogP contribution in [0.2, 0.25) is 5.02 Å². The fourth-order valence-corrected chi connectivity index (χ4v) is 3.90. The summed E-state index contributed by atoms with van der Waals surface area (Å²) >= 11 is 6.28. The molecule has 21 heavy (non-hydrogen) atoms. The molecule has 3 heteroatoms. The Hall–Kier alpha value is -0.830. The van der Waals surface area contributed by atoms with E-state index in [9.17, 15) is 0 Å². The molecule has 3 rings (SSSR count). The van der Waals surface area contributed by atoms with E-state index in [0.717, 1.165) is 17.5 Å². The molecule has 1 fully saturated rings. The Bertz CT molecular complexity index is 478. The monoisotopic (exact) mass is 306 g/mol. The van der Waals surface area contributed by atoms with Crippen molar-refractivity contribution in [1.82, 2.24) is 0 Å². The molecule has 114 valence electrons. The SMILES string of the molecule is Clc1ccccc1C[NH+]1CC[NH+](C[C@@H]2CC=CCC2)CC1. The number of quaternary nitrogens is 2. The lowest BCUT2D eigenvalue weighted by atomic mass is 9.94. The van der Waals surface area contributed by atoms with Crippen LogP contribution in [0, 0.1) is 5.92 Å². The van der Waals surface area contributed by atoms with E-state index in [2.05, 4.69) is 24.3 Å². The van der Waals surface area contributed by atoms with Crippen molar-refractivity contribution in [3.8, 4) is 0 Å². The van der Waals surface area contributed by atoms with Crippen LogP contribution in [0.5, 0.6) is 0 Å². The first-order valence-electron chi connectivity index (χ1n) is 8.37. The Morgan fingerprint density at radius 3 is 2.48 bits per heavy atom. The van der Waals surface area contributed by atoms with E-state index in [-0.39, 0.29) is 0 Å². The highest BCUT2D eigenvalue weighted by molar-refractivity contribution is 6.31. The van der Waals surface area contributed by atoms with Gasteiger partial charge in [0.05, 0.1) is 6.54 Å². The first-order valence-corrected chi connectivity index (χ1v) is 8.74. The van der Waals surface area contributed by atoms with E-state index in [1.807, 2.05) is 17.0 Å². The molecule has 0 bridgehead atoms. The summed E-state index contributed by atoms with van der Waals surface area (Å²) in [4.78, 5) is 3.51. The predicted octanol–water partition coefficient (Wildman–Crippen LogP) is 0.980. The molecule has 1 heterocycles. The summed E-state index contributed by atoms with van der Waals surface area (Å²) in [6.45, 7) is 7.66.